The zero-order valence-corrected chi connectivity index (χ0v) is 13.3. The average molecular weight is 374 g/mol. The van der Waals surface area contributed by atoms with Crippen molar-refractivity contribution in [2.45, 2.75) is 18.4 Å². The van der Waals surface area contributed by atoms with Crippen LogP contribution < -0.4 is 4.72 Å². The number of benzene rings is 1. The van der Waals surface area contributed by atoms with Gasteiger partial charge in [0.15, 0.2) is 0 Å². The third-order valence-electron chi connectivity index (χ3n) is 2.88. The van der Waals surface area contributed by atoms with Gasteiger partial charge in [0.2, 0.25) is 10.0 Å². The largest absolute Gasteiger partial charge is 0.478 e. The molecule has 21 heavy (non-hydrogen) atoms. The topological polar surface area (TPSA) is 112 Å². The van der Waals surface area contributed by atoms with Crippen molar-refractivity contribution in [1.29, 1.82) is 0 Å². The number of hydrogen-bond donors (Lipinski definition) is 3. The number of aromatic carboxylic acids is 1. The first-order valence-electron chi connectivity index (χ1n) is 5.82. The summed E-state index contributed by atoms with van der Waals surface area (Å²) >= 11 is 3.18. The Bertz CT molecular complexity index is 772. The van der Waals surface area contributed by atoms with Crippen molar-refractivity contribution in [3.8, 4) is 0 Å². The van der Waals surface area contributed by atoms with Crippen LogP contribution in [-0.4, -0.2) is 29.7 Å². The summed E-state index contributed by atoms with van der Waals surface area (Å²) in [6, 6.07) is 2.51. The number of H-pyrrole nitrogens is 1. The molecule has 0 fully saturated rings. The van der Waals surface area contributed by atoms with Gasteiger partial charge in [0.1, 0.15) is 0 Å². The summed E-state index contributed by atoms with van der Waals surface area (Å²) in [6.07, 6.45) is 3.06. The molecule has 2 aromatic rings. The van der Waals surface area contributed by atoms with Crippen molar-refractivity contribution >= 4 is 31.9 Å². The van der Waals surface area contributed by atoms with Crippen LogP contribution in [0.25, 0.3) is 0 Å². The van der Waals surface area contributed by atoms with Crippen LogP contribution in [0.1, 0.15) is 21.5 Å². The fraction of sp³-hybridized carbons (Fsp3) is 0.167. The number of rotatable bonds is 5. The Labute approximate surface area is 129 Å². The minimum absolute atomic E-state index is 0.0620. The van der Waals surface area contributed by atoms with Crippen LogP contribution in [0.2, 0.25) is 0 Å². The lowest BCUT2D eigenvalue weighted by molar-refractivity contribution is 0.0695. The van der Waals surface area contributed by atoms with E-state index in [-0.39, 0.29) is 17.0 Å². The molecule has 0 radical (unpaired) electrons. The van der Waals surface area contributed by atoms with Crippen LogP contribution in [0.5, 0.6) is 0 Å². The summed E-state index contributed by atoms with van der Waals surface area (Å²) in [4.78, 5) is 11.0. The normalized spacial score (nSPS) is 11.5. The molecule has 7 nitrogen and oxygen atoms in total. The summed E-state index contributed by atoms with van der Waals surface area (Å²) in [5.41, 5.74) is 1.08. The number of aromatic amines is 1. The van der Waals surface area contributed by atoms with Crippen LogP contribution in [0.15, 0.2) is 33.9 Å². The highest BCUT2D eigenvalue weighted by molar-refractivity contribution is 9.10. The minimum atomic E-state index is -3.82. The van der Waals surface area contributed by atoms with Crippen molar-refractivity contribution in [2.75, 3.05) is 0 Å². The molecule has 0 amide bonds. The summed E-state index contributed by atoms with van der Waals surface area (Å²) in [5, 5.41) is 15.4. The van der Waals surface area contributed by atoms with E-state index < -0.39 is 16.0 Å². The Morgan fingerprint density at radius 1 is 1.48 bits per heavy atom. The Balaban J connectivity index is 2.33. The van der Waals surface area contributed by atoms with E-state index in [0.29, 0.717) is 15.6 Å². The number of sulfonamides is 1. The van der Waals surface area contributed by atoms with Gasteiger partial charge in [-0.1, -0.05) is 15.9 Å². The molecule has 2 rings (SSSR count). The molecule has 0 saturated carbocycles. The van der Waals surface area contributed by atoms with E-state index in [0.717, 1.165) is 6.07 Å². The minimum Gasteiger partial charge on any atom is -0.478 e. The number of carboxylic acid groups (broad SMARTS) is 1. The maximum atomic E-state index is 12.2. The lowest BCUT2D eigenvalue weighted by Crippen LogP contribution is -2.23. The lowest BCUT2D eigenvalue weighted by atomic mass is 10.1. The fourth-order valence-corrected chi connectivity index (χ4v) is 3.35. The number of carbonyl (C=O) groups is 1. The monoisotopic (exact) mass is 373 g/mol. The van der Waals surface area contributed by atoms with Gasteiger partial charge < -0.3 is 5.11 Å². The fourth-order valence-electron chi connectivity index (χ4n) is 1.67. The molecular formula is C12H12BrN3O4S. The number of nitrogens with zero attached hydrogens (tertiary/aromatic N) is 1. The first-order chi connectivity index (χ1) is 9.81. The Kier molecular flexibility index (Phi) is 4.45. The summed E-state index contributed by atoms with van der Waals surface area (Å²) in [7, 11) is -3.82. The van der Waals surface area contributed by atoms with Gasteiger partial charge in [-0.2, -0.15) is 5.10 Å². The molecule has 0 aliphatic rings. The highest BCUT2D eigenvalue weighted by atomic mass is 79.9. The predicted molar refractivity (Wildman–Crippen MR) is 78.5 cm³/mol. The van der Waals surface area contributed by atoms with Crippen molar-refractivity contribution < 1.29 is 18.3 Å². The summed E-state index contributed by atoms with van der Waals surface area (Å²) < 4.78 is 27.2. The number of aromatic nitrogens is 2. The van der Waals surface area contributed by atoms with Gasteiger partial charge in [-0.3, -0.25) is 5.10 Å². The lowest BCUT2D eigenvalue weighted by Gasteiger charge is -2.10. The Hall–Kier alpha value is -1.71. The molecule has 0 unspecified atom stereocenters. The van der Waals surface area contributed by atoms with E-state index in [9.17, 15) is 13.2 Å². The van der Waals surface area contributed by atoms with E-state index in [2.05, 4.69) is 30.8 Å². The highest BCUT2D eigenvalue weighted by Gasteiger charge is 2.19. The summed E-state index contributed by atoms with van der Waals surface area (Å²) in [5.74, 6) is -1.18. The second-order valence-electron chi connectivity index (χ2n) is 4.31. The molecule has 1 aromatic heterocycles. The average Bonchev–Trinajstić information content (AvgIpc) is 2.92. The third-order valence-corrected chi connectivity index (χ3v) is 5.08. The first-order valence-corrected chi connectivity index (χ1v) is 8.09. The highest BCUT2D eigenvalue weighted by Crippen LogP contribution is 2.25. The van der Waals surface area contributed by atoms with Crippen molar-refractivity contribution in [1.82, 2.24) is 14.9 Å². The molecule has 0 atom stereocenters. The molecule has 3 N–H and O–H groups in total. The van der Waals surface area contributed by atoms with Gasteiger partial charge in [0.05, 0.1) is 16.7 Å². The number of carboxylic acids is 1. The van der Waals surface area contributed by atoms with Crippen LogP contribution in [0.4, 0.5) is 0 Å². The molecule has 9 heteroatoms. The SMILES string of the molecule is Cc1c(Br)cc(S(=O)(=O)NCc2cn[nH]c2)cc1C(=O)O. The van der Waals surface area contributed by atoms with Gasteiger partial charge in [-0.15, -0.1) is 0 Å². The molecule has 0 spiro atoms. The molecule has 0 bridgehead atoms. The Morgan fingerprint density at radius 3 is 2.76 bits per heavy atom. The van der Waals surface area contributed by atoms with Crippen LogP contribution in [0, 0.1) is 6.92 Å². The molecule has 0 aliphatic carbocycles. The van der Waals surface area contributed by atoms with Crippen LogP contribution in [0.3, 0.4) is 0 Å². The zero-order chi connectivity index (χ0) is 15.6. The second-order valence-corrected chi connectivity index (χ2v) is 6.94. The predicted octanol–water partition coefficient (Wildman–Crippen LogP) is 1.66. The van der Waals surface area contributed by atoms with E-state index in [1.807, 2.05) is 0 Å². The number of nitrogens with one attached hydrogen (secondary N) is 2. The molecule has 1 heterocycles. The molecule has 112 valence electrons. The summed E-state index contributed by atoms with van der Waals surface area (Å²) in [6.45, 7) is 1.66. The van der Waals surface area contributed by atoms with Gasteiger partial charge in [0, 0.05) is 22.8 Å². The first kappa shape index (κ1) is 15.7. The van der Waals surface area contributed by atoms with Crippen LogP contribution in [-0.2, 0) is 16.6 Å². The van der Waals surface area contributed by atoms with E-state index in [4.69, 9.17) is 5.11 Å². The number of halogens is 1. The smallest absolute Gasteiger partial charge is 0.336 e. The molecular weight excluding hydrogens is 362 g/mol. The second kappa shape index (κ2) is 5.96. The third kappa shape index (κ3) is 3.49. The maximum absolute atomic E-state index is 12.2. The Morgan fingerprint density at radius 2 is 2.19 bits per heavy atom. The quantitative estimate of drug-likeness (QED) is 0.737. The molecule has 1 aromatic carbocycles. The standard InChI is InChI=1S/C12H12BrN3O4S/c1-7-10(12(17)18)2-9(3-11(7)13)21(19,20)16-6-8-4-14-15-5-8/h2-5,16H,6H2,1H3,(H,14,15)(H,17,18). The van der Waals surface area contributed by atoms with E-state index in [1.165, 1.54) is 12.3 Å². The van der Waals surface area contributed by atoms with Gasteiger partial charge in [-0.05, 0) is 24.6 Å². The zero-order valence-electron chi connectivity index (χ0n) is 10.9. The van der Waals surface area contributed by atoms with Gasteiger partial charge in [-0.25, -0.2) is 17.9 Å². The maximum Gasteiger partial charge on any atom is 0.336 e. The van der Waals surface area contributed by atoms with Crippen molar-refractivity contribution in [3.05, 3.63) is 45.7 Å². The van der Waals surface area contributed by atoms with Crippen LogP contribution >= 0.6 is 15.9 Å². The molecule has 0 aliphatic heterocycles. The van der Waals surface area contributed by atoms with E-state index in [1.54, 1.807) is 13.1 Å². The van der Waals surface area contributed by atoms with Gasteiger partial charge in [0.25, 0.3) is 0 Å². The van der Waals surface area contributed by atoms with Gasteiger partial charge >= 0.3 is 5.97 Å². The molecule has 0 saturated heterocycles. The van der Waals surface area contributed by atoms with Crippen molar-refractivity contribution in [3.63, 3.8) is 0 Å². The van der Waals surface area contributed by atoms with Crippen molar-refractivity contribution in [2.24, 2.45) is 0 Å². The number of hydrogen-bond acceptors (Lipinski definition) is 4. The van der Waals surface area contributed by atoms with E-state index >= 15 is 0 Å².